The van der Waals surface area contributed by atoms with Gasteiger partial charge < -0.3 is 25.6 Å². The number of ether oxygens (including phenoxy) is 1. The summed E-state index contributed by atoms with van der Waals surface area (Å²) in [5.74, 6) is -2.04. The van der Waals surface area contributed by atoms with E-state index in [9.17, 15) is 14.4 Å². The highest BCUT2D eigenvalue weighted by Gasteiger charge is 2.23. The van der Waals surface area contributed by atoms with E-state index in [-0.39, 0.29) is 6.61 Å². The van der Waals surface area contributed by atoms with Crippen LogP contribution in [-0.4, -0.2) is 46.9 Å². The van der Waals surface area contributed by atoms with Crippen LogP contribution in [0.3, 0.4) is 0 Å². The molecule has 1 aromatic rings. The molecule has 0 aliphatic heterocycles. The third-order valence-electron chi connectivity index (χ3n) is 2.73. The highest BCUT2D eigenvalue weighted by molar-refractivity contribution is 5.89. The predicted molar refractivity (Wildman–Crippen MR) is 75.9 cm³/mol. The lowest BCUT2D eigenvalue weighted by molar-refractivity contribution is -0.141. The Morgan fingerprint density at radius 3 is 2.36 bits per heavy atom. The molecule has 0 aromatic heterocycles. The molecular formula is C14H18N2O6. The average Bonchev–Trinajstić information content (AvgIpc) is 2.51. The molecule has 4 N–H and O–H groups in total. The number of aliphatic hydroxyl groups excluding tert-OH is 1. The van der Waals surface area contributed by atoms with Crippen molar-refractivity contribution >= 4 is 18.0 Å². The molecule has 1 rings (SSSR count). The summed E-state index contributed by atoms with van der Waals surface area (Å²) < 4.78 is 4.91. The van der Waals surface area contributed by atoms with E-state index in [1.54, 1.807) is 24.3 Å². The number of carbonyl (C=O) groups excluding carboxylic acids is 2. The maximum atomic E-state index is 11.7. The van der Waals surface area contributed by atoms with Crippen LogP contribution in [0.5, 0.6) is 0 Å². The van der Waals surface area contributed by atoms with Crippen LogP contribution in [0.25, 0.3) is 0 Å². The Morgan fingerprint density at radius 2 is 1.82 bits per heavy atom. The third-order valence-corrected chi connectivity index (χ3v) is 2.73. The van der Waals surface area contributed by atoms with Crippen molar-refractivity contribution in [3.8, 4) is 0 Å². The largest absolute Gasteiger partial charge is 0.480 e. The van der Waals surface area contributed by atoms with Crippen LogP contribution >= 0.6 is 0 Å². The summed E-state index contributed by atoms with van der Waals surface area (Å²) >= 11 is 0. The van der Waals surface area contributed by atoms with Crippen molar-refractivity contribution < 1.29 is 29.3 Å². The zero-order valence-electron chi connectivity index (χ0n) is 12.0. The molecule has 0 radical (unpaired) electrons. The number of carboxylic acid groups (broad SMARTS) is 1. The van der Waals surface area contributed by atoms with Crippen molar-refractivity contribution in [2.24, 2.45) is 0 Å². The first-order valence-electron chi connectivity index (χ1n) is 6.55. The molecule has 0 saturated heterocycles. The SMILES string of the molecule is CC(NC(=O)C(CO)NC(=O)OCc1ccccc1)C(=O)O. The normalized spacial score (nSPS) is 12.8. The summed E-state index contributed by atoms with van der Waals surface area (Å²) in [6.07, 6.45) is -0.888. The van der Waals surface area contributed by atoms with Crippen molar-refractivity contribution in [3.63, 3.8) is 0 Å². The standard InChI is InChI=1S/C14H18N2O6/c1-9(13(19)20)15-12(18)11(7-17)16-14(21)22-8-10-5-3-2-4-6-10/h2-6,9,11,17H,7-8H2,1H3,(H,15,18)(H,16,21)(H,19,20). The van der Waals surface area contributed by atoms with Crippen LogP contribution in [0.15, 0.2) is 30.3 Å². The molecule has 2 atom stereocenters. The molecule has 2 unspecified atom stereocenters. The number of carbonyl (C=O) groups is 3. The van der Waals surface area contributed by atoms with E-state index in [0.717, 1.165) is 5.56 Å². The second-order valence-corrected chi connectivity index (χ2v) is 4.51. The van der Waals surface area contributed by atoms with Crippen molar-refractivity contribution in [2.75, 3.05) is 6.61 Å². The van der Waals surface area contributed by atoms with Crippen molar-refractivity contribution in [1.82, 2.24) is 10.6 Å². The van der Waals surface area contributed by atoms with Gasteiger partial charge in [0, 0.05) is 0 Å². The second-order valence-electron chi connectivity index (χ2n) is 4.51. The van der Waals surface area contributed by atoms with Crippen LogP contribution in [0.1, 0.15) is 12.5 Å². The van der Waals surface area contributed by atoms with E-state index in [4.69, 9.17) is 14.9 Å². The van der Waals surface area contributed by atoms with Crippen LogP contribution in [0.2, 0.25) is 0 Å². The fourth-order valence-corrected chi connectivity index (χ4v) is 1.48. The van der Waals surface area contributed by atoms with Gasteiger partial charge in [0.1, 0.15) is 18.7 Å². The number of hydrogen-bond donors (Lipinski definition) is 4. The minimum absolute atomic E-state index is 0.0119. The number of rotatable bonds is 7. The average molecular weight is 310 g/mol. The van der Waals surface area contributed by atoms with Crippen molar-refractivity contribution in [1.29, 1.82) is 0 Å². The number of carboxylic acids is 1. The van der Waals surface area contributed by atoms with Crippen LogP contribution in [0.4, 0.5) is 4.79 Å². The number of aliphatic hydroxyl groups is 1. The minimum Gasteiger partial charge on any atom is -0.480 e. The topological polar surface area (TPSA) is 125 Å². The van der Waals surface area contributed by atoms with Gasteiger partial charge in [0.25, 0.3) is 0 Å². The quantitative estimate of drug-likeness (QED) is 0.555. The Bertz CT molecular complexity index is 519. The van der Waals surface area contributed by atoms with Crippen LogP contribution < -0.4 is 10.6 Å². The van der Waals surface area contributed by atoms with Gasteiger partial charge in [0.05, 0.1) is 6.61 Å². The van der Waals surface area contributed by atoms with Gasteiger partial charge in [-0.3, -0.25) is 9.59 Å². The maximum Gasteiger partial charge on any atom is 0.408 e. The fraction of sp³-hybridized carbons (Fsp3) is 0.357. The van der Waals surface area contributed by atoms with Crippen LogP contribution in [-0.2, 0) is 20.9 Å². The monoisotopic (exact) mass is 310 g/mol. The molecule has 0 fully saturated rings. The lowest BCUT2D eigenvalue weighted by Crippen LogP contribution is -2.52. The van der Waals surface area contributed by atoms with E-state index in [1.165, 1.54) is 6.92 Å². The lowest BCUT2D eigenvalue weighted by Gasteiger charge is -2.17. The number of nitrogens with one attached hydrogen (secondary N) is 2. The molecule has 0 aliphatic carbocycles. The summed E-state index contributed by atoms with van der Waals surface area (Å²) in [4.78, 5) is 33.9. The molecule has 22 heavy (non-hydrogen) atoms. The zero-order chi connectivity index (χ0) is 16.5. The van der Waals surface area contributed by atoms with E-state index < -0.39 is 36.7 Å². The van der Waals surface area contributed by atoms with Gasteiger partial charge in [-0.05, 0) is 12.5 Å². The van der Waals surface area contributed by atoms with Gasteiger partial charge in [-0.25, -0.2) is 4.79 Å². The Balaban J connectivity index is 2.45. The van der Waals surface area contributed by atoms with Gasteiger partial charge >= 0.3 is 12.1 Å². The molecule has 0 aliphatic rings. The highest BCUT2D eigenvalue weighted by Crippen LogP contribution is 2.00. The molecule has 0 spiro atoms. The summed E-state index contributed by atoms with van der Waals surface area (Å²) in [6, 6.07) is 6.49. The molecule has 8 heteroatoms. The Hall–Kier alpha value is -2.61. The molecule has 0 bridgehead atoms. The molecule has 120 valence electrons. The number of benzene rings is 1. The van der Waals surface area contributed by atoms with E-state index in [2.05, 4.69) is 10.6 Å². The molecular weight excluding hydrogens is 292 g/mol. The molecule has 0 saturated carbocycles. The number of alkyl carbamates (subject to hydrolysis) is 1. The zero-order valence-corrected chi connectivity index (χ0v) is 12.0. The van der Waals surface area contributed by atoms with Gasteiger partial charge in [-0.15, -0.1) is 0 Å². The van der Waals surface area contributed by atoms with Gasteiger partial charge in [0.2, 0.25) is 5.91 Å². The molecule has 0 heterocycles. The summed E-state index contributed by atoms with van der Waals surface area (Å²) in [5.41, 5.74) is 0.766. The number of aliphatic carboxylic acids is 1. The number of hydrogen-bond acceptors (Lipinski definition) is 5. The maximum absolute atomic E-state index is 11.7. The van der Waals surface area contributed by atoms with E-state index in [1.807, 2.05) is 6.07 Å². The Morgan fingerprint density at radius 1 is 1.18 bits per heavy atom. The first kappa shape index (κ1) is 17.4. The summed E-state index contributed by atoms with van der Waals surface area (Å²) in [5, 5.41) is 22.1. The fourth-order valence-electron chi connectivity index (χ4n) is 1.48. The molecule has 1 aromatic carbocycles. The molecule has 8 nitrogen and oxygen atoms in total. The Kier molecular flexibility index (Phi) is 6.84. The second kappa shape index (κ2) is 8.63. The number of amides is 2. The first-order valence-corrected chi connectivity index (χ1v) is 6.55. The summed E-state index contributed by atoms with van der Waals surface area (Å²) in [7, 11) is 0. The van der Waals surface area contributed by atoms with Gasteiger partial charge in [-0.1, -0.05) is 30.3 Å². The summed E-state index contributed by atoms with van der Waals surface area (Å²) in [6.45, 7) is 0.596. The van der Waals surface area contributed by atoms with Gasteiger partial charge in [-0.2, -0.15) is 0 Å². The van der Waals surface area contributed by atoms with E-state index >= 15 is 0 Å². The van der Waals surface area contributed by atoms with E-state index in [0.29, 0.717) is 0 Å². The minimum atomic E-state index is -1.29. The van der Waals surface area contributed by atoms with Crippen molar-refractivity contribution in [2.45, 2.75) is 25.6 Å². The van der Waals surface area contributed by atoms with Crippen molar-refractivity contribution in [3.05, 3.63) is 35.9 Å². The smallest absolute Gasteiger partial charge is 0.408 e. The predicted octanol–water partition coefficient (Wildman–Crippen LogP) is -0.137. The van der Waals surface area contributed by atoms with Crippen LogP contribution in [0, 0.1) is 0 Å². The Labute approximate surface area is 127 Å². The highest BCUT2D eigenvalue weighted by atomic mass is 16.5. The lowest BCUT2D eigenvalue weighted by atomic mass is 10.2. The molecule has 2 amide bonds. The van der Waals surface area contributed by atoms with Gasteiger partial charge in [0.15, 0.2) is 0 Å². The third kappa shape index (κ3) is 5.80. The first-order chi connectivity index (χ1) is 10.4.